The van der Waals surface area contributed by atoms with Crippen LogP contribution in [0.1, 0.15) is 0 Å². The molecule has 0 saturated carbocycles. The van der Waals surface area contributed by atoms with Crippen LogP contribution in [0.25, 0.3) is 0 Å². The first kappa shape index (κ1) is 37.8. The van der Waals surface area contributed by atoms with Crippen molar-refractivity contribution in [2.75, 3.05) is 73.0 Å². The Balaban J connectivity index is -0.00000131. The molecule has 0 bridgehead atoms. The molecule has 0 aromatic carbocycles. The zero-order valence-electron chi connectivity index (χ0n) is 17.9. The fourth-order valence-corrected chi connectivity index (χ4v) is 2.40. The number of carboxylic acids is 3. The van der Waals surface area contributed by atoms with Crippen molar-refractivity contribution in [3.63, 3.8) is 0 Å². The van der Waals surface area contributed by atoms with Crippen molar-refractivity contribution < 1.29 is 90.2 Å². The number of carbonyl (C=O) groups is 5. The van der Waals surface area contributed by atoms with Crippen LogP contribution in [0.15, 0.2) is 0 Å². The van der Waals surface area contributed by atoms with Crippen molar-refractivity contribution in [1.82, 2.24) is 25.3 Å². The van der Waals surface area contributed by atoms with E-state index in [4.69, 9.17) is 15.3 Å². The van der Waals surface area contributed by atoms with Crippen molar-refractivity contribution in [1.29, 1.82) is 0 Å². The topological polar surface area (TPSA) is 243 Å². The summed E-state index contributed by atoms with van der Waals surface area (Å²) in [6.07, 6.45) is 0. The normalized spacial score (nSPS) is 9.91. The molecule has 0 aromatic heterocycles. The minimum Gasteiger partial charge on any atom is -0.480 e. The molecule has 2 amide bonds. The van der Waals surface area contributed by atoms with Crippen molar-refractivity contribution >= 4 is 29.7 Å². The minimum absolute atomic E-state index is 0. The number of hydrogen-bond donors (Lipinski definition) is 5. The summed E-state index contributed by atoms with van der Waals surface area (Å²) in [7, 11) is 2.84. The number of amides is 2. The van der Waals surface area contributed by atoms with E-state index in [1.807, 2.05) is 0 Å². The number of nitrogens with one attached hydrogen (secondary N) is 2. The number of nitrogens with zero attached hydrogens (tertiary/aromatic N) is 3. The van der Waals surface area contributed by atoms with Gasteiger partial charge in [-0.3, -0.25) is 38.7 Å². The molecule has 9 N–H and O–H groups in total. The standard InChI is InChI=1S/C16H29N5O8.Gd.2H2O/c1-17-12(22)7-20(10-15(26)27)5-3-19(9-14(24)25)4-6-21(11-16(28)29)8-13(23)18-2;;;/h3-11H2,1-2H3,(H,17,22)(H,18,23)(H,24,25)(H,26,27)(H,28,29);;2*1H2. The summed E-state index contributed by atoms with van der Waals surface area (Å²) in [5, 5.41) is 31.8. The largest absolute Gasteiger partial charge is 0.480 e. The van der Waals surface area contributed by atoms with E-state index in [-0.39, 0.29) is 109 Å². The Morgan fingerprint density at radius 2 is 0.812 bits per heavy atom. The predicted molar refractivity (Wildman–Crippen MR) is 108 cm³/mol. The summed E-state index contributed by atoms with van der Waals surface area (Å²) < 4.78 is 0. The zero-order chi connectivity index (χ0) is 22.4. The molecule has 0 heterocycles. The van der Waals surface area contributed by atoms with E-state index in [2.05, 4.69) is 10.6 Å². The Morgan fingerprint density at radius 1 is 0.562 bits per heavy atom. The maximum atomic E-state index is 11.5. The molecule has 0 aromatic rings. The first-order valence-electron chi connectivity index (χ1n) is 8.81. The van der Waals surface area contributed by atoms with E-state index < -0.39 is 31.0 Å². The summed E-state index contributed by atoms with van der Waals surface area (Å²) in [5.41, 5.74) is 0. The third kappa shape index (κ3) is 20.4. The molecule has 0 unspecified atom stereocenters. The zero-order valence-corrected chi connectivity index (χ0v) is 20.2. The van der Waals surface area contributed by atoms with Gasteiger partial charge in [0.2, 0.25) is 11.8 Å². The van der Waals surface area contributed by atoms with Gasteiger partial charge in [-0.2, -0.15) is 0 Å². The van der Waals surface area contributed by atoms with Crippen molar-refractivity contribution in [2.45, 2.75) is 0 Å². The minimum atomic E-state index is -1.13. The molecular formula is C16H33GdN5O10. The van der Waals surface area contributed by atoms with E-state index in [0.717, 1.165) is 0 Å². The second kappa shape index (κ2) is 21.3. The molecule has 190 valence electrons. The summed E-state index contributed by atoms with van der Waals surface area (Å²) in [6.45, 7) is -0.969. The molecule has 15 nitrogen and oxygen atoms in total. The van der Waals surface area contributed by atoms with Gasteiger partial charge in [-0.25, -0.2) is 0 Å². The van der Waals surface area contributed by atoms with Gasteiger partial charge < -0.3 is 36.9 Å². The van der Waals surface area contributed by atoms with Crippen LogP contribution in [0, 0.1) is 39.9 Å². The van der Waals surface area contributed by atoms with Gasteiger partial charge in [0.25, 0.3) is 0 Å². The average Bonchev–Trinajstić information content (AvgIpc) is 2.61. The molecule has 0 aliphatic rings. The van der Waals surface area contributed by atoms with E-state index in [1.54, 1.807) is 0 Å². The van der Waals surface area contributed by atoms with Crippen molar-refractivity contribution in [2.24, 2.45) is 0 Å². The fraction of sp³-hybridized carbons (Fsp3) is 0.688. The molecule has 0 saturated heterocycles. The Labute approximate surface area is 217 Å². The molecule has 32 heavy (non-hydrogen) atoms. The monoisotopic (exact) mass is 613 g/mol. The second-order valence-corrected chi connectivity index (χ2v) is 6.23. The third-order valence-electron chi connectivity index (χ3n) is 3.83. The second-order valence-electron chi connectivity index (χ2n) is 6.23. The molecule has 0 fully saturated rings. The van der Waals surface area contributed by atoms with Crippen molar-refractivity contribution in [3.05, 3.63) is 0 Å². The Morgan fingerprint density at radius 3 is 1.06 bits per heavy atom. The van der Waals surface area contributed by atoms with Gasteiger partial charge in [0.05, 0.1) is 32.7 Å². The molecule has 16 heteroatoms. The van der Waals surface area contributed by atoms with E-state index in [0.29, 0.717) is 0 Å². The molecule has 0 radical (unpaired) electrons. The maximum absolute atomic E-state index is 11.5. The van der Waals surface area contributed by atoms with Crippen LogP contribution in [0.2, 0.25) is 0 Å². The van der Waals surface area contributed by atoms with Crippen LogP contribution >= 0.6 is 0 Å². The van der Waals surface area contributed by atoms with Gasteiger partial charge in [0.15, 0.2) is 0 Å². The molecular weight excluding hydrogens is 579 g/mol. The number of rotatable bonds is 16. The summed E-state index contributed by atoms with van der Waals surface area (Å²) in [6, 6.07) is 0. The predicted octanol–water partition coefficient (Wildman–Crippen LogP) is -5.01. The Bertz CT molecular complexity index is 554. The van der Waals surface area contributed by atoms with Crippen LogP contribution in [-0.4, -0.2) is 144 Å². The summed E-state index contributed by atoms with van der Waals surface area (Å²) in [4.78, 5) is 60.3. The number of hydrogen-bond acceptors (Lipinski definition) is 8. The molecule has 0 atom stereocenters. The number of carbonyl (C=O) groups excluding carboxylic acids is 2. The first-order chi connectivity index (χ1) is 13.6. The van der Waals surface area contributed by atoms with Crippen molar-refractivity contribution in [3.8, 4) is 0 Å². The van der Waals surface area contributed by atoms with Crippen LogP contribution in [0.3, 0.4) is 0 Å². The number of aliphatic carboxylic acids is 3. The number of likely N-dealkylation sites (N-methyl/N-ethyl adjacent to an activating group) is 2. The Hall–Kier alpha value is -1.53. The van der Waals surface area contributed by atoms with E-state index in [1.165, 1.54) is 28.8 Å². The van der Waals surface area contributed by atoms with E-state index in [9.17, 15) is 24.0 Å². The number of carboxylic acid groups (broad SMARTS) is 3. The average molecular weight is 613 g/mol. The fourth-order valence-electron chi connectivity index (χ4n) is 2.40. The van der Waals surface area contributed by atoms with Crippen LogP contribution in [0.5, 0.6) is 0 Å². The molecule has 0 rings (SSSR count). The van der Waals surface area contributed by atoms with Gasteiger partial charge in [-0.05, 0) is 0 Å². The summed E-state index contributed by atoms with van der Waals surface area (Å²) in [5.74, 6) is -4.13. The quantitative estimate of drug-likeness (QED) is 0.110. The first-order valence-corrected chi connectivity index (χ1v) is 8.81. The van der Waals surface area contributed by atoms with Gasteiger partial charge in [-0.1, -0.05) is 0 Å². The van der Waals surface area contributed by atoms with Gasteiger partial charge in [0.1, 0.15) is 0 Å². The smallest absolute Gasteiger partial charge is 0.317 e. The van der Waals surface area contributed by atoms with Gasteiger partial charge >= 0.3 is 17.9 Å². The van der Waals surface area contributed by atoms with Gasteiger partial charge in [-0.15, -0.1) is 0 Å². The maximum Gasteiger partial charge on any atom is 0.317 e. The van der Waals surface area contributed by atoms with Crippen LogP contribution in [0.4, 0.5) is 0 Å². The Kier molecular flexibility index (Phi) is 25.2. The van der Waals surface area contributed by atoms with Gasteiger partial charge in [0, 0.05) is 80.2 Å². The third-order valence-corrected chi connectivity index (χ3v) is 3.83. The van der Waals surface area contributed by atoms with Crippen LogP contribution in [-0.2, 0) is 24.0 Å². The van der Waals surface area contributed by atoms with Crippen LogP contribution < -0.4 is 10.6 Å². The molecule has 0 aliphatic heterocycles. The van der Waals surface area contributed by atoms with E-state index >= 15 is 0 Å². The molecule has 0 spiro atoms. The molecule has 0 aliphatic carbocycles. The summed E-state index contributed by atoms with van der Waals surface area (Å²) >= 11 is 0. The SMILES string of the molecule is CNC(=O)CN(CCN(CCN(CC(=O)O)CC(=O)NC)CC(=O)O)CC(=O)O.O.O.[Gd].